The second-order valence-corrected chi connectivity index (χ2v) is 5.96. The normalized spacial score (nSPS) is 22.1. The lowest BCUT2D eigenvalue weighted by Crippen LogP contribution is -2.23. The van der Waals surface area contributed by atoms with Gasteiger partial charge in [0.15, 0.2) is 0 Å². The van der Waals surface area contributed by atoms with Gasteiger partial charge in [-0.2, -0.15) is 0 Å². The molecular weight excluding hydrogens is 222 g/mol. The summed E-state index contributed by atoms with van der Waals surface area (Å²) in [5, 5.41) is 0. The highest BCUT2D eigenvalue weighted by molar-refractivity contribution is 5.48. The number of rotatable bonds is 4. The van der Waals surface area contributed by atoms with Gasteiger partial charge in [0, 0.05) is 17.5 Å². The molecule has 2 fully saturated rings. The van der Waals surface area contributed by atoms with Crippen molar-refractivity contribution in [2.75, 3.05) is 6.54 Å². The molecule has 2 aliphatic carbocycles. The number of benzene rings is 1. The van der Waals surface area contributed by atoms with E-state index in [9.17, 15) is 0 Å². The summed E-state index contributed by atoms with van der Waals surface area (Å²) in [5.74, 6) is 1.10. The third kappa shape index (κ3) is 2.03. The molecule has 3 rings (SSSR count). The highest BCUT2D eigenvalue weighted by Gasteiger charge is 2.46. The lowest BCUT2D eigenvalue weighted by Gasteiger charge is -2.23. The minimum absolute atomic E-state index is 0.222. The van der Waals surface area contributed by atoms with E-state index in [1.54, 1.807) is 0 Å². The van der Waals surface area contributed by atoms with Gasteiger partial charge in [-0.15, -0.1) is 0 Å². The quantitative estimate of drug-likeness (QED) is 0.883. The molecule has 0 bridgehead atoms. The molecular formula is C16H23NO. The van der Waals surface area contributed by atoms with Gasteiger partial charge in [0.1, 0.15) is 5.75 Å². The van der Waals surface area contributed by atoms with Crippen LogP contribution in [0, 0.1) is 6.92 Å². The smallest absolute Gasteiger partial charge is 0.123 e. The first-order chi connectivity index (χ1) is 8.75. The predicted octanol–water partition coefficient (Wildman–Crippen LogP) is 3.31. The second kappa shape index (κ2) is 4.58. The average Bonchev–Trinajstić information content (AvgIpc) is 2.99. The van der Waals surface area contributed by atoms with E-state index in [1.807, 2.05) is 0 Å². The van der Waals surface area contributed by atoms with E-state index in [0.717, 1.165) is 12.3 Å². The van der Waals surface area contributed by atoms with Crippen LogP contribution in [0.25, 0.3) is 0 Å². The molecule has 2 saturated carbocycles. The van der Waals surface area contributed by atoms with E-state index in [2.05, 4.69) is 25.1 Å². The van der Waals surface area contributed by atoms with Crippen LogP contribution in [0.5, 0.6) is 5.75 Å². The Hall–Kier alpha value is -1.02. The summed E-state index contributed by atoms with van der Waals surface area (Å²) >= 11 is 0. The number of hydrogen-bond donors (Lipinski definition) is 1. The van der Waals surface area contributed by atoms with Crippen LogP contribution in [-0.4, -0.2) is 12.6 Å². The molecule has 0 radical (unpaired) electrons. The van der Waals surface area contributed by atoms with Gasteiger partial charge in [0.2, 0.25) is 0 Å². The van der Waals surface area contributed by atoms with Crippen molar-refractivity contribution in [3.05, 3.63) is 29.3 Å². The molecule has 0 unspecified atom stereocenters. The van der Waals surface area contributed by atoms with Gasteiger partial charge in [-0.25, -0.2) is 0 Å². The van der Waals surface area contributed by atoms with Crippen molar-refractivity contribution in [1.82, 2.24) is 0 Å². The van der Waals surface area contributed by atoms with Crippen molar-refractivity contribution < 1.29 is 4.74 Å². The van der Waals surface area contributed by atoms with Crippen LogP contribution < -0.4 is 10.5 Å². The molecule has 0 aliphatic heterocycles. The zero-order chi connectivity index (χ0) is 12.6. The van der Waals surface area contributed by atoms with Gasteiger partial charge in [-0.1, -0.05) is 12.1 Å². The minimum atomic E-state index is 0.222. The van der Waals surface area contributed by atoms with Crippen molar-refractivity contribution in [3.8, 4) is 5.75 Å². The van der Waals surface area contributed by atoms with Gasteiger partial charge in [0.25, 0.3) is 0 Å². The van der Waals surface area contributed by atoms with Gasteiger partial charge in [-0.3, -0.25) is 0 Å². The van der Waals surface area contributed by atoms with E-state index in [1.165, 1.54) is 49.7 Å². The molecule has 2 heteroatoms. The Morgan fingerprint density at radius 3 is 2.61 bits per heavy atom. The molecule has 2 N–H and O–H groups in total. The van der Waals surface area contributed by atoms with Gasteiger partial charge in [0.05, 0.1) is 6.10 Å². The van der Waals surface area contributed by atoms with Crippen molar-refractivity contribution in [2.24, 2.45) is 5.73 Å². The highest BCUT2D eigenvalue weighted by atomic mass is 16.5. The van der Waals surface area contributed by atoms with Gasteiger partial charge >= 0.3 is 0 Å². The van der Waals surface area contributed by atoms with Crippen LogP contribution in [0.3, 0.4) is 0 Å². The van der Waals surface area contributed by atoms with Crippen LogP contribution in [-0.2, 0) is 5.41 Å². The summed E-state index contributed by atoms with van der Waals surface area (Å²) in [6, 6.07) is 6.43. The predicted molar refractivity (Wildman–Crippen MR) is 74.0 cm³/mol. The summed E-state index contributed by atoms with van der Waals surface area (Å²) < 4.78 is 6.26. The number of ether oxygens (including phenoxy) is 1. The Labute approximate surface area is 110 Å². The van der Waals surface area contributed by atoms with Gasteiger partial charge in [-0.05, 0) is 57.1 Å². The van der Waals surface area contributed by atoms with Crippen LogP contribution in [0.2, 0.25) is 0 Å². The number of nitrogens with two attached hydrogens (primary N) is 1. The van der Waals surface area contributed by atoms with E-state index < -0.39 is 0 Å². The summed E-state index contributed by atoms with van der Waals surface area (Å²) in [4.78, 5) is 0. The standard InChI is InChI=1S/C16H23NO/c1-12-5-4-8-14(18-13-6-2-3-7-13)15(12)16(11-17)9-10-16/h4-5,8,13H,2-3,6-7,9-11,17H2,1H3. The first-order valence-corrected chi connectivity index (χ1v) is 7.22. The molecule has 0 atom stereocenters. The molecule has 0 spiro atoms. The van der Waals surface area contributed by atoms with Crippen molar-refractivity contribution in [2.45, 2.75) is 57.0 Å². The maximum Gasteiger partial charge on any atom is 0.123 e. The summed E-state index contributed by atoms with van der Waals surface area (Å²) in [6.07, 6.45) is 7.91. The highest BCUT2D eigenvalue weighted by Crippen LogP contribution is 2.52. The number of aryl methyl sites for hydroxylation is 1. The van der Waals surface area contributed by atoms with Crippen molar-refractivity contribution in [1.29, 1.82) is 0 Å². The minimum Gasteiger partial charge on any atom is -0.490 e. The first-order valence-electron chi connectivity index (χ1n) is 7.22. The van der Waals surface area contributed by atoms with Crippen LogP contribution >= 0.6 is 0 Å². The van der Waals surface area contributed by atoms with E-state index >= 15 is 0 Å². The molecule has 0 saturated heterocycles. The Bertz CT molecular complexity index is 431. The molecule has 2 aliphatic rings. The van der Waals surface area contributed by atoms with Crippen LogP contribution in [0.1, 0.15) is 49.7 Å². The molecule has 0 amide bonds. The third-order valence-electron chi connectivity index (χ3n) is 4.61. The monoisotopic (exact) mass is 245 g/mol. The fourth-order valence-corrected chi connectivity index (χ4v) is 3.31. The maximum absolute atomic E-state index is 6.26. The SMILES string of the molecule is Cc1cccc(OC2CCCC2)c1C1(CN)CC1. The Morgan fingerprint density at radius 2 is 2.00 bits per heavy atom. The Kier molecular flexibility index (Phi) is 3.06. The van der Waals surface area contributed by atoms with Crippen LogP contribution in [0.4, 0.5) is 0 Å². The first kappa shape index (κ1) is 12.0. The van der Waals surface area contributed by atoms with E-state index in [0.29, 0.717) is 6.10 Å². The number of hydrogen-bond acceptors (Lipinski definition) is 2. The van der Waals surface area contributed by atoms with Crippen molar-refractivity contribution in [3.63, 3.8) is 0 Å². The van der Waals surface area contributed by atoms with E-state index in [-0.39, 0.29) is 5.41 Å². The Morgan fingerprint density at radius 1 is 1.28 bits per heavy atom. The Balaban J connectivity index is 1.91. The van der Waals surface area contributed by atoms with Crippen LogP contribution in [0.15, 0.2) is 18.2 Å². The molecule has 0 heterocycles. The zero-order valence-corrected chi connectivity index (χ0v) is 11.2. The fourth-order valence-electron chi connectivity index (χ4n) is 3.31. The largest absolute Gasteiger partial charge is 0.490 e. The van der Waals surface area contributed by atoms with Gasteiger partial charge < -0.3 is 10.5 Å². The lowest BCUT2D eigenvalue weighted by molar-refractivity contribution is 0.206. The molecule has 18 heavy (non-hydrogen) atoms. The molecule has 0 aromatic heterocycles. The molecule has 1 aromatic carbocycles. The third-order valence-corrected chi connectivity index (χ3v) is 4.61. The molecule has 2 nitrogen and oxygen atoms in total. The second-order valence-electron chi connectivity index (χ2n) is 5.96. The zero-order valence-electron chi connectivity index (χ0n) is 11.2. The molecule has 1 aromatic rings. The summed E-state index contributed by atoms with van der Waals surface area (Å²) in [5.41, 5.74) is 8.94. The van der Waals surface area contributed by atoms with Crippen molar-refractivity contribution >= 4 is 0 Å². The van der Waals surface area contributed by atoms with E-state index in [4.69, 9.17) is 10.5 Å². The molecule has 98 valence electrons. The average molecular weight is 245 g/mol. The summed E-state index contributed by atoms with van der Waals surface area (Å²) in [7, 11) is 0. The lowest BCUT2D eigenvalue weighted by atomic mass is 9.91. The topological polar surface area (TPSA) is 35.2 Å². The fraction of sp³-hybridized carbons (Fsp3) is 0.625. The maximum atomic E-state index is 6.26. The summed E-state index contributed by atoms with van der Waals surface area (Å²) in [6.45, 7) is 2.94.